The molecule has 0 aliphatic rings. The van der Waals surface area contributed by atoms with Crippen LogP contribution in [0, 0.1) is 0 Å². The summed E-state index contributed by atoms with van der Waals surface area (Å²) in [5, 5.41) is 0. The minimum absolute atomic E-state index is 0.145. The molecule has 0 atom stereocenters. The van der Waals surface area contributed by atoms with Gasteiger partial charge in [0.2, 0.25) is 0 Å². The summed E-state index contributed by atoms with van der Waals surface area (Å²) in [6.07, 6.45) is 2.01. The van der Waals surface area contributed by atoms with E-state index in [-0.39, 0.29) is 6.10 Å². The minimum Gasteiger partial charge on any atom is -0.355 e. The molecular weight excluding hydrogens is 188 g/mol. The van der Waals surface area contributed by atoms with Gasteiger partial charge in [-0.05, 0) is 12.8 Å². The molecule has 13 heavy (non-hydrogen) atoms. The first kappa shape index (κ1) is 13.1. The number of hydrogen-bond acceptors (Lipinski definition) is 4. The van der Waals surface area contributed by atoms with Crippen molar-refractivity contribution in [3.8, 4) is 0 Å². The summed E-state index contributed by atoms with van der Waals surface area (Å²) >= 11 is 0. The normalized spacial score (nSPS) is 12.5. The Bertz CT molecular complexity index is 115. The second kappa shape index (κ2) is 6.50. The lowest BCUT2D eigenvalue weighted by Crippen LogP contribution is -2.48. The molecule has 80 valence electrons. The van der Waals surface area contributed by atoms with Gasteiger partial charge in [-0.3, -0.25) is 0 Å². The maximum Gasteiger partial charge on any atom is 0.679 e. The molecule has 0 aromatic rings. The highest BCUT2D eigenvalue weighted by Crippen LogP contribution is 2.14. The van der Waals surface area contributed by atoms with Gasteiger partial charge in [-0.1, -0.05) is 13.8 Å². The van der Waals surface area contributed by atoms with Crippen molar-refractivity contribution in [2.75, 3.05) is 21.3 Å². The van der Waals surface area contributed by atoms with Crippen molar-refractivity contribution in [1.29, 1.82) is 0 Å². The SMILES string of the molecule is CCC(CC)O[Si](OC)(OC)OC. The van der Waals surface area contributed by atoms with Crippen LogP contribution in [0.15, 0.2) is 0 Å². The first-order chi connectivity index (χ1) is 6.17. The largest absolute Gasteiger partial charge is 0.679 e. The fourth-order valence-electron chi connectivity index (χ4n) is 1.05. The van der Waals surface area contributed by atoms with Crippen molar-refractivity contribution in [2.45, 2.75) is 32.8 Å². The zero-order chi connectivity index (χ0) is 10.3. The summed E-state index contributed by atoms with van der Waals surface area (Å²) in [5.41, 5.74) is 0. The van der Waals surface area contributed by atoms with Gasteiger partial charge in [0, 0.05) is 21.3 Å². The van der Waals surface area contributed by atoms with E-state index >= 15 is 0 Å². The van der Waals surface area contributed by atoms with Crippen molar-refractivity contribution in [2.24, 2.45) is 0 Å². The Morgan fingerprint density at radius 3 is 1.54 bits per heavy atom. The highest BCUT2D eigenvalue weighted by molar-refractivity contribution is 6.53. The maximum atomic E-state index is 5.66. The molecule has 0 spiro atoms. The van der Waals surface area contributed by atoms with E-state index in [1.165, 1.54) is 0 Å². The van der Waals surface area contributed by atoms with E-state index in [2.05, 4.69) is 13.8 Å². The topological polar surface area (TPSA) is 36.9 Å². The summed E-state index contributed by atoms with van der Waals surface area (Å²) in [4.78, 5) is 0. The second-order valence-corrected chi connectivity index (χ2v) is 5.13. The molecule has 0 aromatic heterocycles. The molecule has 5 heteroatoms. The Kier molecular flexibility index (Phi) is 6.53. The van der Waals surface area contributed by atoms with Gasteiger partial charge < -0.3 is 17.7 Å². The highest BCUT2D eigenvalue weighted by atomic mass is 28.4. The lowest BCUT2D eigenvalue weighted by atomic mass is 10.2. The first-order valence-electron chi connectivity index (χ1n) is 4.51. The van der Waals surface area contributed by atoms with Crippen molar-refractivity contribution in [1.82, 2.24) is 0 Å². The molecule has 0 unspecified atom stereocenters. The summed E-state index contributed by atoms with van der Waals surface area (Å²) in [5.74, 6) is 0. The second-order valence-electron chi connectivity index (χ2n) is 2.67. The van der Waals surface area contributed by atoms with Crippen LogP contribution in [0.1, 0.15) is 26.7 Å². The Labute approximate surface area is 81.6 Å². The van der Waals surface area contributed by atoms with E-state index in [0.29, 0.717) is 0 Å². The van der Waals surface area contributed by atoms with E-state index in [1.54, 1.807) is 21.3 Å². The molecule has 0 radical (unpaired) electrons. The zero-order valence-electron chi connectivity index (χ0n) is 9.12. The molecule has 4 nitrogen and oxygen atoms in total. The van der Waals surface area contributed by atoms with Gasteiger partial charge in [-0.2, -0.15) is 0 Å². The number of rotatable bonds is 7. The summed E-state index contributed by atoms with van der Waals surface area (Å²) in [6, 6.07) is 0. The van der Waals surface area contributed by atoms with E-state index in [0.717, 1.165) is 12.8 Å². The van der Waals surface area contributed by atoms with Crippen LogP contribution in [0.3, 0.4) is 0 Å². The maximum absolute atomic E-state index is 5.66. The van der Waals surface area contributed by atoms with Crippen molar-refractivity contribution >= 4 is 9.05 Å². The van der Waals surface area contributed by atoms with Crippen molar-refractivity contribution < 1.29 is 17.7 Å². The van der Waals surface area contributed by atoms with Gasteiger partial charge in [-0.15, -0.1) is 0 Å². The van der Waals surface area contributed by atoms with Crippen LogP contribution >= 0.6 is 0 Å². The molecule has 0 aliphatic carbocycles. The molecule has 0 aliphatic heterocycles. The van der Waals surface area contributed by atoms with Crippen LogP contribution in [0.4, 0.5) is 0 Å². The highest BCUT2D eigenvalue weighted by Gasteiger charge is 2.43. The average Bonchev–Trinajstić information content (AvgIpc) is 2.21. The predicted octanol–water partition coefficient (Wildman–Crippen LogP) is 1.57. The molecule has 0 amide bonds. The van der Waals surface area contributed by atoms with Crippen LogP contribution < -0.4 is 0 Å². The summed E-state index contributed by atoms with van der Waals surface area (Å²) < 4.78 is 21.1. The summed E-state index contributed by atoms with van der Waals surface area (Å²) in [6.45, 7) is 4.13. The Hall–Kier alpha value is 0.0569. The zero-order valence-corrected chi connectivity index (χ0v) is 10.1. The monoisotopic (exact) mass is 208 g/mol. The molecule has 0 bridgehead atoms. The Balaban J connectivity index is 4.21. The quantitative estimate of drug-likeness (QED) is 0.595. The van der Waals surface area contributed by atoms with E-state index in [9.17, 15) is 0 Å². The lowest BCUT2D eigenvalue weighted by Gasteiger charge is -2.27. The van der Waals surface area contributed by atoms with Gasteiger partial charge >= 0.3 is 9.05 Å². The van der Waals surface area contributed by atoms with Gasteiger partial charge in [0.15, 0.2) is 0 Å². The smallest absolute Gasteiger partial charge is 0.355 e. The first-order valence-corrected chi connectivity index (χ1v) is 6.14. The van der Waals surface area contributed by atoms with Gasteiger partial charge in [0.25, 0.3) is 0 Å². The Morgan fingerprint density at radius 2 is 1.31 bits per heavy atom. The minimum atomic E-state index is -2.82. The molecule has 0 rings (SSSR count). The standard InChI is InChI=1S/C8H20O4Si/c1-6-8(7-2)12-13(9-3,10-4)11-5/h8H,6-7H2,1-5H3. The third-order valence-corrected chi connectivity index (χ3v) is 4.09. The Morgan fingerprint density at radius 1 is 0.923 bits per heavy atom. The lowest BCUT2D eigenvalue weighted by molar-refractivity contribution is -0.0240. The molecule has 0 N–H and O–H groups in total. The van der Waals surface area contributed by atoms with Crippen LogP contribution in [0.5, 0.6) is 0 Å². The molecule has 0 saturated heterocycles. The molecule has 0 heterocycles. The van der Waals surface area contributed by atoms with Crippen LogP contribution in [0.25, 0.3) is 0 Å². The molecule has 0 aromatic carbocycles. The van der Waals surface area contributed by atoms with E-state index in [1.807, 2.05) is 0 Å². The van der Waals surface area contributed by atoms with Crippen LogP contribution in [-0.4, -0.2) is 36.5 Å². The molecular formula is C8H20O4Si. The van der Waals surface area contributed by atoms with E-state index in [4.69, 9.17) is 17.7 Å². The van der Waals surface area contributed by atoms with Gasteiger partial charge in [0.05, 0.1) is 6.10 Å². The van der Waals surface area contributed by atoms with Gasteiger partial charge in [0.1, 0.15) is 0 Å². The average molecular weight is 208 g/mol. The summed E-state index contributed by atoms with van der Waals surface area (Å²) in [7, 11) is 1.81. The third kappa shape index (κ3) is 3.74. The molecule has 0 saturated carbocycles. The third-order valence-electron chi connectivity index (χ3n) is 1.97. The van der Waals surface area contributed by atoms with Crippen molar-refractivity contribution in [3.63, 3.8) is 0 Å². The van der Waals surface area contributed by atoms with Crippen LogP contribution in [0.2, 0.25) is 0 Å². The van der Waals surface area contributed by atoms with E-state index < -0.39 is 9.05 Å². The van der Waals surface area contributed by atoms with Crippen molar-refractivity contribution in [3.05, 3.63) is 0 Å². The molecule has 0 fully saturated rings. The fraction of sp³-hybridized carbons (Fsp3) is 1.00. The fourth-order valence-corrected chi connectivity index (χ4v) is 2.58. The predicted molar refractivity (Wildman–Crippen MR) is 52.2 cm³/mol. The van der Waals surface area contributed by atoms with Gasteiger partial charge in [-0.25, -0.2) is 0 Å². The van der Waals surface area contributed by atoms with Crippen LogP contribution in [-0.2, 0) is 17.7 Å². The number of hydrogen-bond donors (Lipinski definition) is 0.